The van der Waals surface area contributed by atoms with Crippen molar-refractivity contribution >= 4 is 0 Å². The Hall–Kier alpha value is -0.0800. The van der Waals surface area contributed by atoms with Gasteiger partial charge in [0.05, 0.1) is 12.2 Å². The average Bonchev–Trinajstić information content (AvgIpc) is 2.01. The first-order valence-electron chi connectivity index (χ1n) is 5.14. The molecule has 1 heterocycles. The summed E-state index contributed by atoms with van der Waals surface area (Å²) in [6, 6.07) is 0. The summed E-state index contributed by atoms with van der Waals surface area (Å²) >= 11 is 0. The van der Waals surface area contributed by atoms with Gasteiger partial charge in [0.25, 0.3) is 0 Å². The Bertz CT molecular complexity index is 198. The van der Waals surface area contributed by atoms with Gasteiger partial charge in [-0.25, -0.2) is 0 Å². The molecule has 3 atom stereocenters. The summed E-state index contributed by atoms with van der Waals surface area (Å²) in [7, 11) is 0. The van der Waals surface area contributed by atoms with Crippen molar-refractivity contribution in [1.82, 2.24) is 0 Å². The van der Waals surface area contributed by atoms with Crippen molar-refractivity contribution in [1.29, 1.82) is 0 Å². The van der Waals surface area contributed by atoms with E-state index in [0.717, 1.165) is 13.0 Å². The lowest BCUT2D eigenvalue weighted by atomic mass is 9.46. The first-order valence-corrected chi connectivity index (χ1v) is 5.14. The molecule has 2 nitrogen and oxygen atoms in total. The number of hydrogen-bond acceptors (Lipinski definition) is 2. The molecule has 0 unspecified atom stereocenters. The van der Waals surface area contributed by atoms with Crippen molar-refractivity contribution in [3.63, 3.8) is 0 Å². The van der Waals surface area contributed by atoms with Crippen LogP contribution in [-0.2, 0) is 4.74 Å². The van der Waals surface area contributed by atoms with Gasteiger partial charge >= 0.3 is 0 Å². The standard InChI is InChI=1S/C10H16O2/c11-8-7-3-1-6-12-9(7)10(8)4-2-5-10/h7-9,11H,1-6H2/t7-,8-,9-/m1/s1. The van der Waals surface area contributed by atoms with Gasteiger partial charge in [-0.3, -0.25) is 0 Å². The molecular weight excluding hydrogens is 152 g/mol. The number of aliphatic hydroxyl groups is 1. The van der Waals surface area contributed by atoms with Gasteiger partial charge in [-0.2, -0.15) is 0 Å². The molecular formula is C10H16O2. The van der Waals surface area contributed by atoms with E-state index < -0.39 is 0 Å². The SMILES string of the molecule is O[C@@H]1[C@H]2CCCO[C@H]2C12CCC2. The number of hydrogen-bond donors (Lipinski definition) is 1. The molecule has 3 aliphatic rings. The van der Waals surface area contributed by atoms with Crippen molar-refractivity contribution in [2.24, 2.45) is 11.3 Å². The van der Waals surface area contributed by atoms with Crippen molar-refractivity contribution in [3.05, 3.63) is 0 Å². The molecule has 1 aliphatic heterocycles. The first kappa shape index (κ1) is 7.34. The van der Waals surface area contributed by atoms with Gasteiger partial charge in [0.15, 0.2) is 0 Å². The van der Waals surface area contributed by atoms with Crippen LogP contribution in [0.1, 0.15) is 32.1 Å². The number of ether oxygens (including phenoxy) is 1. The molecule has 2 heteroatoms. The molecule has 12 heavy (non-hydrogen) atoms. The first-order chi connectivity index (χ1) is 5.84. The van der Waals surface area contributed by atoms with Gasteiger partial charge in [0.2, 0.25) is 0 Å². The molecule has 3 rings (SSSR count). The lowest BCUT2D eigenvalue weighted by Gasteiger charge is -2.64. The van der Waals surface area contributed by atoms with Gasteiger partial charge in [-0.15, -0.1) is 0 Å². The van der Waals surface area contributed by atoms with Gasteiger partial charge in [-0.05, 0) is 25.7 Å². The molecule has 1 spiro atoms. The minimum atomic E-state index is -0.0310. The van der Waals surface area contributed by atoms with Crippen LogP contribution in [0.3, 0.4) is 0 Å². The highest BCUT2D eigenvalue weighted by Crippen LogP contribution is 2.62. The summed E-state index contributed by atoms with van der Waals surface area (Å²) in [5, 5.41) is 9.93. The highest BCUT2D eigenvalue weighted by molar-refractivity contribution is 5.14. The van der Waals surface area contributed by atoms with Crippen molar-refractivity contribution in [3.8, 4) is 0 Å². The minimum Gasteiger partial charge on any atom is -0.392 e. The summed E-state index contributed by atoms with van der Waals surface area (Å²) in [4.78, 5) is 0. The Kier molecular flexibility index (Phi) is 1.37. The summed E-state index contributed by atoms with van der Waals surface area (Å²) in [5.74, 6) is 0.485. The van der Waals surface area contributed by atoms with Crippen molar-refractivity contribution in [2.45, 2.75) is 44.3 Å². The van der Waals surface area contributed by atoms with Gasteiger partial charge in [0.1, 0.15) is 0 Å². The highest BCUT2D eigenvalue weighted by atomic mass is 16.5. The Labute approximate surface area is 72.9 Å². The summed E-state index contributed by atoms with van der Waals surface area (Å²) in [6.45, 7) is 0.926. The molecule has 0 aromatic rings. The molecule has 1 N–H and O–H groups in total. The lowest BCUT2D eigenvalue weighted by molar-refractivity contribution is -0.285. The zero-order chi connectivity index (χ0) is 8.18. The Morgan fingerprint density at radius 1 is 1.25 bits per heavy atom. The highest BCUT2D eigenvalue weighted by Gasteiger charge is 2.64. The number of fused-ring (bicyclic) bond motifs is 2. The quantitative estimate of drug-likeness (QED) is 0.591. The maximum Gasteiger partial charge on any atom is 0.0709 e. The molecule has 0 aromatic heterocycles. The van der Waals surface area contributed by atoms with Crippen LogP contribution < -0.4 is 0 Å². The van der Waals surface area contributed by atoms with Crippen molar-refractivity contribution in [2.75, 3.05) is 6.61 Å². The van der Waals surface area contributed by atoms with E-state index in [0.29, 0.717) is 12.0 Å². The second kappa shape index (κ2) is 2.24. The van der Waals surface area contributed by atoms with E-state index in [1.807, 2.05) is 0 Å². The van der Waals surface area contributed by atoms with Crippen LogP contribution >= 0.6 is 0 Å². The van der Waals surface area contributed by atoms with Crippen LogP contribution in [0.5, 0.6) is 0 Å². The van der Waals surface area contributed by atoms with E-state index in [2.05, 4.69) is 0 Å². The molecule has 1 saturated heterocycles. The second-order valence-corrected chi connectivity index (χ2v) is 4.63. The molecule has 0 bridgehead atoms. The largest absolute Gasteiger partial charge is 0.392 e. The smallest absolute Gasteiger partial charge is 0.0709 e. The minimum absolute atomic E-state index is 0.0310. The molecule has 2 saturated carbocycles. The van der Waals surface area contributed by atoms with E-state index in [9.17, 15) is 5.11 Å². The fourth-order valence-electron chi connectivity index (χ4n) is 3.36. The van der Waals surface area contributed by atoms with Crippen LogP contribution in [0.25, 0.3) is 0 Å². The maximum absolute atomic E-state index is 9.93. The average molecular weight is 168 g/mol. The Morgan fingerprint density at radius 3 is 2.75 bits per heavy atom. The molecule has 0 amide bonds. The maximum atomic E-state index is 9.93. The summed E-state index contributed by atoms with van der Waals surface area (Å²) < 4.78 is 5.75. The van der Waals surface area contributed by atoms with E-state index >= 15 is 0 Å². The predicted molar refractivity (Wildman–Crippen MR) is 44.8 cm³/mol. The summed E-state index contributed by atoms with van der Waals surface area (Å²) in [6.07, 6.45) is 6.43. The van der Waals surface area contributed by atoms with Crippen LogP contribution in [0.15, 0.2) is 0 Å². The number of aliphatic hydroxyl groups excluding tert-OH is 1. The van der Waals surface area contributed by atoms with Crippen LogP contribution in [0.2, 0.25) is 0 Å². The van der Waals surface area contributed by atoms with Gasteiger partial charge in [-0.1, -0.05) is 6.42 Å². The molecule has 3 fully saturated rings. The second-order valence-electron chi connectivity index (χ2n) is 4.63. The van der Waals surface area contributed by atoms with Gasteiger partial charge < -0.3 is 9.84 Å². The monoisotopic (exact) mass is 168 g/mol. The normalized spacial score (nSPS) is 49.2. The fourth-order valence-corrected chi connectivity index (χ4v) is 3.36. The molecule has 2 aliphatic carbocycles. The molecule has 0 radical (unpaired) electrons. The third-order valence-corrected chi connectivity index (χ3v) is 4.21. The van der Waals surface area contributed by atoms with E-state index in [1.54, 1.807) is 0 Å². The van der Waals surface area contributed by atoms with Crippen LogP contribution in [0.4, 0.5) is 0 Å². The molecule has 68 valence electrons. The van der Waals surface area contributed by atoms with E-state index in [-0.39, 0.29) is 11.5 Å². The van der Waals surface area contributed by atoms with Crippen LogP contribution in [-0.4, -0.2) is 23.9 Å². The van der Waals surface area contributed by atoms with E-state index in [4.69, 9.17) is 4.74 Å². The summed E-state index contributed by atoms with van der Waals surface area (Å²) in [5.41, 5.74) is 0.227. The van der Waals surface area contributed by atoms with Gasteiger partial charge in [0, 0.05) is 17.9 Å². The Morgan fingerprint density at radius 2 is 2.08 bits per heavy atom. The third-order valence-electron chi connectivity index (χ3n) is 4.21. The predicted octanol–water partition coefficient (Wildman–Crippen LogP) is 1.33. The van der Waals surface area contributed by atoms with Crippen molar-refractivity contribution < 1.29 is 9.84 Å². The van der Waals surface area contributed by atoms with E-state index in [1.165, 1.54) is 25.7 Å². The topological polar surface area (TPSA) is 29.5 Å². The fraction of sp³-hybridized carbons (Fsp3) is 1.00. The number of rotatable bonds is 0. The zero-order valence-electron chi connectivity index (χ0n) is 7.33. The molecule has 0 aromatic carbocycles. The third kappa shape index (κ3) is 0.647. The lowest BCUT2D eigenvalue weighted by Crippen LogP contribution is -2.69. The van der Waals surface area contributed by atoms with Crippen LogP contribution in [0, 0.1) is 11.3 Å². The zero-order valence-corrected chi connectivity index (χ0v) is 7.33. The Balaban J connectivity index is 1.80.